The van der Waals surface area contributed by atoms with E-state index in [1.165, 1.54) is 11.5 Å². The van der Waals surface area contributed by atoms with Gasteiger partial charge in [0.05, 0.1) is 6.10 Å². The molecule has 3 nitrogen and oxygen atoms in total. The van der Waals surface area contributed by atoms with Crippen LogP contribution in [0.25, 0.3) is 0 Å². The van der Waals surface area contributed by atoms with Crippen LogP contribution in [0.3, 0.4) is 0 Å². The minimum Gasteiger partial charge on any atom is -0.388 e. The third kappa shape index (κ3) is 1.83. The van der Waals surface area contributed by atoms with E-state index in [1.54, 1.807) is 6.20 Å². The van der Waals surface area contributed by atoms with Crippen LogP contribution in [-0.4, -0.2) is 16.0 Å². The Hall–Kier alpha value is -0.450. The Kier molecular flexibility index (Phi) is 2.82. The lowest BCUT2D eigenvalue weighted by Gasteiger charge is -2.27. The maximum Gasteiger partial charge on any atom is 0.0876 e. The molecule has 0 aliphatic rings. The van der Waals surface area contributed by atoms with Crippen molar-refractivity contribution in [1.82, 2.24) is 4.37 Å². The summed E-state index contributed by atoms with van der Waals surface area (Å²) in [4.78, 5) is 0. The molecule has 1 aromatic heterocycles. The van der Waals surface area contributed by atoms with Gasteiger partial charge in [-0.1, -0.05) is 13.8 Å². The van der Waals surface area contributed by atoms with Crippen molar-refractivity contribution in [3.05, 3.63) is 17.1 Å². The van der Waals surface area contributed by atoms with E-state index in [-0.39, 0.29) is 5.41 Å². The molecule has 0 amide bonds. The van der Waals surface area contributed by atoms with Crippen LogP contribution >= 0.6 is 11.5 Å². The lowest BCUT2D eigenvalue weighted by atomic mass is 9.84. The van der Waals surface area contributed by atoms with Crippen LogP contribution in [0.5, 0.6) is 0 Å². The molecule has 1 atom stereocenters. The van der Waals surface area contributed by atoms with Gasteiger partial charge >= 0.3 is 0 Å². The van der Waals surface area contributed by atoms with Crippen LogP contribution in [0.4, 0.5) is 0 Å². The molecule has 1 rings (SSSR count). The molecule has 0 saturated heterocycles. The van der Waals surface area contributed by atoms with Gasteiger partial charge in [0.15, 0.2) is 0 Å². The summed E-state index contributed by atoms with van der Waals surface area (Å²) in [5.41, 5.74) is 6.12. The van der Waals surface area contributed by atoms with Gasteiger partial charge < -0.3 is 10.8 Å². The zero-order valence-electron chi connectivity index (χ0n) is 7.32. The number of rotatable bonds is 3. The summed E-state index contributed by atoms with van der Waals surface area (Å²) in [7, 11) is 0. The first-order chi connectivity index (χ1) is 5.58. The maximum absolute atomic E-state index is 9.82. The molecule has 4 heteroatoms. The highest BCUT2D eigenvalue weighted by atomic mass is 32.1. The van der Waals surface area contributed by atoms with Gasteiger partial charge in [-0.3, -0.25) is 0 Å². The Morgan fingerprint density at radius 3 is 2.83 bits per heavy atom. The number of aliphatic hydroxyl groups is 1. The summed E-state index contributed by atoms with van der Waals surface area (Å²) < 4.78 is 3.93. The summed E-state index contributed by atoms with van der Waals surface area (Å²) in [6.45, 7) is 4.34. The van der Waals surface area contributed by atoms with Crippen molar-refractivity contribution >= 4 is 11.5 Å². The van der Waals surface area contributed by atoms with Gasteiger partial charge in [0.2, 0.25) is 0 Å². The molecule has 1 aromatic rings. The van der Waals surface area contributed by atoms with Crippen molar-refractivity contribution in [3.63, 3.8) is 0 Å². The monoisotopic (exact) mass is 186 g/mol. The second-order valence-electron chi connectivity index (χ2n) is 3.55. The quantitative estimate of drug-likeness (QED) is 0.744. The predicted molar refractivity (Wildman–Crippen MR) is 49.9 cm³/mol. The Labute approximate surface area is 76.4 Å². The van der Waals surface area contributed by atoms with Crippen molar-refractivity contribution in [2.24, 2.45) is 11.1 Å². The van der Waals surface area contributed by atoms with Crippen molar-refractivity contribution < 1.29 is 5.11 Å². The third-order valence-corrected chi connectivity index (χ3v) is 2.64. The van der Waals surface area contributed by atoms with Crippen LogP contribution in [0.1, 0.15) is 25.5 Å². The highest BCUT2D eigenvalue weighted by Crippen LogP contribution is 2.32. The Morgan fingerprint density at radius 1 is 1.75 bits per heavy atom. The molecule has 0 aromatic carbocycles. The first kappa shape index (κ1) is 9.64. The summed E-state index contributed by atoms with van der Waals surface area (Å²) in [6.07, 6.45) is 1.17. The number of aliphatic hydroxyl groups excluding tert-OH is 1. The Balaban J connectivity index is 2.78. The average molecular weight is 186 g/mol. The fraction of sp³-hybridized carbons (Fsp3) is 0.625. The predicted octanol–water partition coefficient (Wildman–Crippen LogP) is 1.16. The second-order valence-corrected chi connectivity index (χ2v) is 4.21. The topological polar surface area (TPSA) is 59.1 Å². The van der Waals surface area contributed by atoms with Gasteiger partial charge in [-0.2, -0.15) is 0 Å². The molecule has 0 spiro atoms. The maximum atomic E-state index is 9.82. The molecule has 0 bridgehead atoms. The van der Waals surface area contributed by atoms with Crippen molar-refractivity contribution in [2.45, 2.75) is 20.0 Å². The standard InChI is InChI=1S/C8H14N2OS/c1-8(2,5-9)7(11)6-3-10-12-4-6/h3-4,7,11H,5,9H2,1-2H3. The fourth-order valence-corrected chi connectivity index (χ4v) is 1.47. The largest absolute Gasteiger partial charge is 0.388 e. The zero-order chi connectivity index (χ0) is 9.19. The van der Waals surface area contributed by atoms with Gasteiger partial charge in [0.25, 0.3) is 0 Å². The van der Waals surface area contributed by atoms with Gasteiger partial charge in [-0.15, -0.1) is 0 Å². The molecule has 0 radical (unpaired) electrons. The lowest BCUT2D eigenvalue weighted by Crippen LogP contribution is -2.30. The summed E-state index contributed by atoms with van der Waals surface area (Å²) >= 11 is 1.34. The van der Waals surface area contributed by atoms with Gasteiger partial charge in [-0.25, -0.2) is 4.37 Å². The van der Waals surface area contributed by atoms with Gasteiger partial charge in [-0.05, 0) is 11.5 Å². The van der Waals surface area contributed by atoms with E-state index in [1.807, 2.05) is 19.2 Å². The molecule has 0 fully saturated rings. The molecule has 12 heavy (non-hydrogen) atoms. The van der Waals surface area contributed by atoms with E-state index in [0.717, 1.165) is 5.56 Å². The zero-order valence-corrected chi connectivity index (χ0v) is 8.14. The van der Waals surface area contributed by atoms with Crippen molar-refractivity contribution in [2.75, 3.05) is 6.54 Å². The minimum atomic E-state index is -0.513. The molecule has 1 heterocycles. The average Bonchev–Trinajstić information content (AvgIpc) is 2.55. The summed E-state index contributed by atoms with van der Waals surface area (Å²) in [5.74, 6) is 0. The number of hydrogen-bond donors (Lipinski definition) is 2. The first-order valence-electron chi connectivity index (χ1n) is 3.85. The Morgan fingerprint density at radius 2 is 2.42 bits per heavy atom. The van der Waals surface area contributed by atoms with Crippen LogP contribution < -0.4 is 5.73 Å². The molecule has 0 aliphatic heterocycles. The first-order valence-corrected chi connectivity index (χ1v) is 4.69. The van der Waals surface area contributed by atoms with Crippen LogP contribution in [-0.2, 0) is 0 Å². The fourth-order valence-electron chi connectivity index (χ4n) is 0.911. The lowest BCUT2D eigenvalue weighted by molar-refractivity contribution is 0.0557. The van der Waals surface area contributed by atoms with Crippen molar-refractivity contribution in [1.29, 1.82) is 0 Å². The molecular weight excluding hydrogens is 172 g/mol. The smallest absolute Gasteiger partial charge is 0.0876 e. The highest BCUT2D eigenvalue weighted by Gasteiger charge is 2.27. The molecule has 0 aliphatic carbocycles. The third-order valence-electron chi connectivity index (χ3n) is 2.03. The van der Waals surface area contributed by atoms with Crippen LogP contribution in [0.15, 0.2) is 11.6 Å². The van der Waals surface area contributed by atoms with E-state index in [4.69, 9.17) is 5.73 Å². The number of nitrogens with zero attached hydrogens (tertiary/aromatic N) is 1. The van der Waals surface area contributed by atoms with E-state index >= 15 is 0 Å². The number of nitrogens with two attached hydrogens (primary N) is 1. The summed E-state index contributed by atoms with van der Waals surface area (Å²) in [6, 6.07) is 0. The molecule has 3 N–H and O–H groups in total. The normalized spacial score (nSPS) is 14.7. The van der Waals surface area contributed by atoms with E-state index in [9.17, 15) is 5.11 Å². The SMILES string of the molecule is CC(C)(CN)C(O)c1cnsc1. The van der Waals surface area contributed by atoms with E-state index in [2.05, 4.69) is 4.37 Å². The summed E-state index contributed by atoms with van der Waals surface area (Å²) in [5, 5.41) is 11.7. The molecular formula is C8H14N2OS. The van der Waals surface area contributed by atoms with Crippen LogP contribution in [0, 0.1) is 5.41 Å². The number of aromatic nitrogens is 1. The minimum absolute atomic E-state index is 0.275. The van der Waals surface area contributed by atoms with Gasteiger partial charge in [0, 0.05) is 29.1 Å². The second kappa shape index (κ2) is 3.51. The van der Waals surface area contributed by atoms with E-state index < -0.39 is 6.10 Å². The van der Waals surface area contributed by atoms with Crippen LogP contribution in [0.2, 0.25) is 0 Å². The molecule has 68 valence electrons. The van der Waals surface area contributed by atoms with E-state index in [0.29, 0.717) is 6.54 Å². The van der Waals surface area contributed by atoms with Crippen molar-refractivity contribution in [3.8, 4) is 0 Å². The molecule has 0 saturated carbocycles. The number of hydrogen-bond acceptors (Lipinski definition) is 4. The highest BCUT2D eigenvalue weighted by molar-refractivity contribution is 7.03. The van der Waals surface area contributed by atoms with Gasteiger partial charge in [0.1, 0.15) is 0 Å². The molecule has 1 unspecified atom stereocenters. The Bertz CT molecular complexity index is 233.